The van der Waals surface area contributed by atoms with E-state index in [1.165, 1.54) is 11.1 Å². The number of carbonyl (C=O) groups excluding carboxylic acids is 1. The standard InChI is InChI=1S/C17H24N2O2/c20-10-8-15-7-3-4-9-19(15)17(21)16-11-13-5-1-2-6-14(13)12-18-16/h1-2,5-6,15-16,18,20H,3-4,7-12H2. The molecule has 2 N–H and O–H groups in total. The number of likely N-dealkylation sites (tertiary alicyclic amines) is 1. The molecule has 0 spiro atoms. The summed E-state index contributed by atoms with van der Waals surface area (Å²) in [6.45, 7) is 1.77. The summed E-state index contributed by atoms with van der Waals surface area (Å²) in [5.41, 5.74) is 2.58. The molecule has 0 saturated carbocycles. The molecule has 0 aliphatic carbocycles. The van der Waals surface area contributed by atoms with E-state index in [1.54, 1.807) is 0 Å². The average molecular weight is 288 g/mol. The van der Waals surface area contributed by atoms with Crippen LogP contribution in [0.25, 0.3) is 0 Å². The Morgan fingerprint density at radius 2 is 2.10 bits per heavy atom. The number of nitrogens with one attached hydrogen (secondary N) is 1. The van der Waals surface area contributed by atoms with Crippen molar-refractivity contribution in [3.05, 3.63) is 35.4 Å². The van der Waals surface area contributed by atoms with Crippen LogP contribution in [0.1, 0.15) is 36.8 Å². The zero-order chi connectivity index (χ0) is 14.7. The largest absolute Gasteiger partial charge is 0.396 e. The number of carbonyl (C=O) groups is 1. The highest BCUT2D eigenvalue weighted by atomic mass is 16.3. The van der Waals surface area contributed by atoms with Crippen LogP contribution in [0.2, 0.25) is 0 Å². The van der Waals surface area contributed by atoms with Gasteiger partial charge in [-0.05, 0) is 43.2 Å². The van der Waals surface area contributed by atoms with Crippen molar-refractivity contribution in [1.29, 1.82) is 0 Å². The molecule has 21 heavy (non-hydrogen) atoms. The number of fused-ring (bicyclic) bond motifs is 1. The van der Waals surface area contributed by atoms with Crippen LogP contribution in [0.3, 0.4) is 0 Å². The number of aliphatic hydroxyl groups is 1. The predicted molar refractivity (Wildman–Crippen MR) is 81.8 cm³/mol. The van der Waals surface area contributed by atoms with E-state index in [2.05, 4.69) is 17.4 Å². The number of amides is 1. The fourth-order valence-electron chi connectivity index (χ4n) is 3.57. The number of aliphatic hydroxyl groups excluding tert-OH is 1. The third-order valence-corrected chi connectivity index (χ3v) is 4.75. The van der Waals surface area contributed by atoms with E-state index in [0.717, 1.165) is 38.8 Å². The van der Waals surface area contributed by atoms with Crippen molar-refractivity contribution in [2.24, 2.45) is 0 Å². The Balaban J connectivity index is 1.70. The molecule has 1 saturated heterocycles. The highest BCUT2D eigenvalue weighted by Gasteiger charge is 2.32. The molecule has 0 bridgehead atoms. The van der Waals surface area contributed by atoms with E-state index in [4.69, 9.17) is 0 Å². The average Bonchev–Trinajstić information content (AvgIpc) is 2.54. The van der Waals surface area contributed by atoms with Gasteiger partial charge >= 0.3 is 0 Å². The van der Waals surface area contributed by atoms with Gasteiger partial charge < -0.3 is 15.3 Å². The first-order valence-electron chi connectivity index (χ1n) is 8.01. The molecule has 3 rings (SSSR count). The lowest BCUT2D eigenvalue weighted by Gasteiger charge is -2.39. The second-order valence-corrected chi connectivity index (χ2v) is 6.10. The molecular weight excluding hydrogens is 264 g/mol. The lowest BCUT2D eigenvalue weighted by Crippen LogP contribution is -2.54. The van der Waals surface area contributed by atoms with Gasteiger partial charge in [0.15, 0.2) is 0 Å². The van der Waals surface area contributed by atoms with Gasteiger partial charge in [-0.3, -0.25) is 4.79 Å². The fourth-order valence-corrected chi connectivity index (χ4v) is 3.57. The normalized spacial score (nSPS) is 25.5. The minimum Gasteiger partial charge on any atom is -0.396 e. The number of nitrogens with zero attached hydrogens (tertiary/aromatic N) is 1. The van der Waals surface area contributed by atoms with Crippen molar-refractivity contribution in [3.63, 3.8) is 0 Å². The van der Waals surface area contributed by atoms with E-state index in [9.17, 15) is 9.90 Å². The van der Waals surface area contributed by atoms with E-state index in [1.807, 2.05) is 17.0 Å². The van der Waals surface area contributed by atoms with Crippen molar-refractivity contribution in [2.75, 3.05) is 13.2 Å². The number of rotatable bonds is 3. The van der Waals surface area contributed by atoms with Crippen LogP contribution < -0.4 is 5.32 Å². The van der Waals surface area contributed by atoms with E-state index >= 15 is 0 Å². The summed E-state index contributed by atoms with van der Waals surface area (Å²) in [7, 11) is 0. The highest BCUT2D eigenvalue weighted by molar-refractivity contribution is 5.83. The minimum atomic E-state index is -0.112. The maximum atomic E-state index is 12.8. The molecule has 2 aliphatic rings. The zero-order valence-electron chi connectivity index (χ0n) is 12.4. The van der Waals surface area contributed by atoms with Gasteiger partial charge in [0.2, 0.25) is 5.91 Å². The summed E-state index contributed by atoms with van der Waals surface area (Å²) in [5, 5.41) is 12.6. The van der Waals surface area contributed by atoms with Crippen molar-refractivity contribution >= 4 is 5.91 Å². The van der Waals surface area contributed by atoms with Gasteiger partial charge in [0.05, 0.1) is 6.04 Å². The first-order chi connectivity index (χ1) is 10.3. The van der Waals surface area contributed by atoms with Crippen LogP contribution in [0.4, 0.5) is 0 Å². The van der Waals surface area contributed by atoms with E-state index < -0.39 is 0 Å². The SMILES string of the molecule is O=C(C1Cc2ccccc2CN1)N1CCCCC1CCO. The molecule has 2 aliphatic heterocycles. The molecule has 1 aromatic carbocycles. The second-order valence-electron chi connectivity index (χ2n) is 6.10. The number of hydrogen-bond acceptors (Lipinski definition) is 3. The number of piperidine rings is 1. The Labute approximate surface area is 126 Å². The molecule has 2 unspecified atom stereocenters. The molecule has 1 fully saturated rings. The molecule has 4 nitrogen and oxygen atoms in total. The second kappa shape index (κ2) is 6.58. The lowest BCUT2D eigenvalue weighted by molar-refractivity contribution is -0.137. The Bertz CT molecular complexity index is 501. The van der Waals surface area contributed by atoms with E-state index in [0.29, 0.717) is 6.42 Å². The van der Waals surface area contributed by atoms with Crippen molar-refractivity contribution in [3.8, 4) is 0 Å². The Kier molecular flexibility index (Phi) is 4.56. The van der Waals surface area contributed by atoms with Gasteiger partial charge in [0, 0.05) is 25.7 Å². The van der Waals surface area contributed by atoms with Crippen LogP contribution in [0, 0.1) is 0 Å². The fraction of sp³-hybridized carbons (Fsp3) is 0.588. The van der Waals surface area contributed by atoms with Crippen molar-refractivity contribution in [1.82, 2.24) is 10.2 Å². The Hall–Kier alpha value is -1.39. The summed E-state index contributed by atoms with van der Waals surface area (Å²) in [6, 6.07) is 8.44. The maximum absolute atomic E-state index is 12.8. The quantitative estimate of drug-likeness (QED) is 0.885. The minimum absolute atomic E-state index is 0.112. The van der Waals surface area contributed by atoms with Gasteiger partial charge in [-0.1, -0.05) is 24.3 Å². The molecule has 114 valence electrons. The first-order valence-corrected chi connectivity index (χ1v) is 8.01. The van der Waals surface area contributed by atoms with Crippen LogP contribution in [-0.4, -0.2) is 41.1 Å². The van der Waals surface area contributed by atoms with Gasteiger partial charge in [-0.2, -0.15) is 0 Å². The number of hydrogen-bond donors (Lipinski definition) is 2. The molecule has 0 radical (unpaired) electrons. The molecule has 4 heteroatoms. The third-order valence-electron chi connectivity index (χ3n) is 4.75. The van der Waals surface area contributed by atoms with Gasteiger partial charge in [0.1, 0.15) is 0 Å². The van der Waals surface area contributed by atoms with Gasteiger partial charge in [0.25, 0.3) is 0 Å². The molecular formula is C17H24N2O2. The third kappa shape index (κ3) is 3.11. The first kappa shape index (κ1) is 14.5. The van der Waals surface area contributed by atoms with Crippen LogP contribution in [0.15, 0.2) is 24.3 Å². The Morgan fingerprint density at radius 1 is 1.29 bits per heavy atom. The smallest absolute Gasteiger partial charge is 0.240 e. The summed E-state index contributed by atoms with van der Waals surface area (Å²) in [4.78, 5) is 14.8. The maximum Gasteiger partial charge on any atom is 0.240 e. The summed E-state index contributed by atoms with van der Waals surface area (Å²) in [6.07, 6.45) is 4.74. The lowest BCUT2D eigenvalue weighted by atomic mass is 9.93. The van der Waals surface area contributed by atoms with E-state index in [-0.39, 0.29) is 24.6 Å². The highest BCUT2D eigenvalue weighted by Crippen LogP contribution is 2.23. The summed E-state index contributed by atoms with van der Waals surface area (Å²) < 4.78 is 0. The molecule has 0 aromatic heterocycles. The van der Waals surface area contributed by atoms with Crippen LogP contribution in [0.5, 0.6) is 0 Å². The van der Waals surface area contributed by atoms with Crippen LogP contribution in [-0.2, 0) is 17.8 Å². The summed E-state index contributed by atoms with van der Waals surface area (Å²) in [5.74, 6) is 0.211. The number of benzene rings is 1. The molecule has 2 atom stereocenters. The zero-order valence-corrected chi connectivity index (χ0v) is 12.4. The van der Waals surface area contributed by atoms with Crippen molar-refractivity contribution in [2.45, 2.75) is 50.7 Å². The molecule has 2 heterocycles. The van der Waals surface area contributed by atoms with Gasteiger partial charge in [-0.15, -0.1) is 0 Å². The summed E-state index contributed by atoms with van der Waals surface area (Å²) >= 11 is 0. The van der Waals surface area contributed by atoms with Crippen LogP contribution >= 0.6 is 0 Å². The molecule has 1 amide bonds. The topological polar surface area (TPSA) is 52.6 Å². The van der Waals surface area contributed by atoms with Crippen molar-refractivity contribution < 1.29 is 9.90 Å². The monoisotopic (exact) mass is 288 g/mol. The Morgan fingerprint density at radius 3 is 2.90 bits per heavy atom. The van der Waals surface area contributed by atoms with Gasteiger partial charge in [-0.25, -0.2) is 0 Å². The molecule has 1 aromatic rings. The predicted octanol–water partition coefficient (Wildman–Crippen LogP) is 1.46.